The van der Waals surface area contributed by atoms with Crippen molar-refractivity contribution in [3.05, 3.63) is 42.0 Å². The largest absolute Gasteiger partial charge is 0.389 e. The molecular weight excluding hydrogens is 338 g/mol. The van der Waals surface area contributed by atoms with Gasteiger partial charge in [-0.15, -0.1) is 0 Å². The first-order valence-corrected chi connectivity index (χ1v) is 9.68. The molecular formula is C19H27NO4S. The summed E-state index contributed by atoms with van der Waals surface area (Å²) < 4.78 is 27.8. The van der Waals surface area contributed by atoms with E-state index in [4.69, 9.17) is 0 Å². The Balaban J connectivity index is 2.63. The molecule has 0 aliphatic carbocycles. The van der Waals surface area contributed by atoms with Crippen LogP contribution in [0.4, 0.5) is 0 Å². The molecule has 6 heteroatoms. The smallest absolute Gasteiger partial charge is 0.243 e. The van der Waals surface area contributed by atoms with Gasteiger partial charge in [-0.25, -0.2) is 8.42 Å². The Morgan fingerprint density at radius 1 is 0.880 bits per heavy atom. The summed E-state index contributed by atoms with van der Waals surface area (Å²) in [5.74, 6) is 0. The fourth-order valence-electron chi connectivity index (χ4n) is 2.88. The first-order valence-electron chi connectivity index (χ1n) is 8.24. The third-order valence-corrected chi connectivity index (χ3v) is 5.70. The van der Waals surface area contributed by atoms with E-state index >= 15 is 0 Å². The van der Waals surface area contributed by atoms with Crippen LogP contribution in [0.15, 0.2) is 41.3 Å². The molecule has 0 atom stereocenters. The predicted octanol–water partition coefficient (Wildman–Crippen LogP) is 2.68. The molecule has 2 aromatic carbocycles. The van der Waals surface area contributed by atoms with E-state index in [1.807, 2.05) is 19.1 Å². The maximum absolute atomic E-state index is 13.3. The van der Waals surface area contributed by atoms with Crippen LogP contribution in [0.3, 0.4) is 0 Å². The normalized spacial score (nSPS) is 13.6. The molecule has 0 amide bonds. The third kappa shape index (κ3) is 4.79. The van der Waals surface area contributed by atoms with Crippen LogP contribution in [-0.4, -0.2) is 47.2 Å². The van der Waals surface area contributed by atoms with Gasteiger partial charge in [0.2, 0.25) is 10.0 Å². The average molecular weight is 365 g/mol. The number of nitrogens with zero attached hydrogens (tertiary/aromatic N) is 1. The second-order valence-electron chi connectivity index (χ2n) is 7.82. The molecule has 25 heavy (non-hydrogen) atoms. The van der Waals surface area contributed by atoms with Gasteiger partial charge in [0.25, 0.3) is 0 Å². The van der Waals surface area contributed by atoms with Crippen LogP contribution in [0, 0.1) is 6.92 Å². The third-order valence-electron chi connectivity index (χ3n) is 3.85. The van der Waals surface area contributed by atoms with Crippen molar-refractivity contribution in [1.29, 1.82) is 0 Å². The van der Waals surface area contributed by atoms with E-state index in [9.17, 15) is 18.6 Å². The molecule has 138 valence electrons. The quantitative estimate of drug-likeness (QED) is 0.825. The van der Waals surface area contributed by atoms with Crippen molar-refractivity contribution in [1.82, 2.24) is 4.31 Å². The summed E-state index contributed by atoms with van der Waals surface area (Å²) in [6.45, 7) is 7.91. The summed E-state index contributed by atoms with van der Waals surface area (Å²) in [4.78, 5) is 0.183. The second-order valence-corrected chi connectivity index (χ2v) is 9.73. The molecule has 0 aliphatic rings. The molecule has 0 bridgehead atoms. The standard InChI is InChI=1S/C19H27NO4S/c1-14-10-11-17(16-9-7-6-8-15(14)16)25(23,24)20(12-18(2,3)21)13-19(4,5)22/h6-11,21-22H,12-13H2,1-5H3. The van der Waals surface area contributed by atoms with Crippen molar-refractivity contribution in [2.75, 3.05) is 13.1 Å². The minimum absolute atomic E-state index is 0.110. The summed E-state index contributed by atoms with van der Waals surface area (Å²) in [6.07, 6.45) is 0. The molecule has 0 aromatic heterocycles. The Morgan fingerprint density at radius 2 is 1.36 bits per heavy atom. The zero-order valence-corrected chi connectivity index (χ0v) is 16.3. The molecule has 0 spiro atoms. The molecule has 0 heterocycles. The molecule has 2 N–H and O–H groups in total. The van der Waals surface area contributed by atoms with Gasteiger partial charge in [-0.3, -0.25) is 0 Å². The Hall–Kier alpha value is -1.47. The molecule has 0 radical (unpaired) electrons. The lowest BCUT2D eigenvalue weighted by molar-refractivity contribution is 0.0218. The number of sulfonamides is 1. The lowest BCUT2D eigenvalue weighted by atomic mass is 10.1. The van der Waals surface area contributed by atoms with Crippen molar-refractivity contribution in [2.24, 2.45) is 0 Å². The number of aryl methyl sites for hydroxylation is 1. The zero-order valence-electron chi connectivity index (χ0n) is 15.4. The summed E-state index contributed by atoms with van der Waals surface area (Å²) in [5, 5.41) is 21.8. The van der Waals surface area contributed by atoms with E-state index in [1.165, 1.54) is 0 Å². The van der Waals surface area contributed by atoms with Crippen LogP contribution in [0.25, 0.3) is 10.8 Å². The van der Waals surface area contributed by atoms with Gasteiger partial charge in [0.1, 0.15) is 0 Å². The van der Waals surface area contributed by atoms with Gasteiger partial charge < -0.3 is 10.2 Å². The predicted molar refractivity (Wildman–Crippen MR) is 100 cm³/mol. The number of hydrogen-bond donors (Lipinski definition) is 2. The van der Waals surface area contributed by atoms with Gasteiger partial charge in [-0.05, 0) is 51.6 Å². The molecule has 5 nitrogen and oxygen atoms in total. The van der Waals surface area contributed by atoms with E-state index in [0.717, 1.165) is 15.3 Å². The lowest BCUT2D eigenvalue weighted by Crippen LogP contribution is -2.48. The Morgan fingerprint density at radius 3 is 1.84 bits per heavy atom. The number of fused-ring (bicyclic) bond motifs is 1. The molecule has 0 aliphatic heterocycles. The maximum Gasteiger partial charge on any atom is 0.243 e. The highest BCUT2D eigenvalue weighted by Crippen LogP contribution is 2.29. The van der Waals surface area contributed by atoms with E-state index in [-0.39, 0.29) is 18.0 Å². The van der Waals surface area contributed by atoms with Gasteiger partial charge in [0.05, 0.1) is 16.1 Å². The van der Waals surface area contributed by atoms with Crippen LogP contribution < -0.4 is 0 Å². The fraction of sp³-hybridized carbons (Fsp3) is 0.474. The minimum Gasteiger partial charge on any atom is -0.389 e. The van der Waals surface area contributed by atoms with Crippen LogP contribution in [0.2, 0.25) is 0 Å². The Kier molecular flexibility index (Phi) is 5.31. The molecule has 0 saturated carbocycles. The average Bonchev–Trinajstić information content (AvgIpc) is 2.44. The Bertz CT molecular complexity index is 845. The number of rotatable bonds is 6. The van der Waals surface area contributed by atoms with E-state index in [2.05, 4.69) is 0 Å². The summed E-state index contributed by atoms with van der Waals surface area (Å²) >= 11 is 0. The highest BCUT2D eigenvalue weighted by Gasteiger charge is 2.34. The summed E-state index contributed by atoms with van der Waals surface area (Å²) in [6, 6.07) is 10.7. The van der Waals surface area contributed by atoms with Crippen LogP contribution in [-0.2, 0) is 10.0 Å². The van der Waals surface area contributed by atoms with Crippen molar-refractivity contribution in [3.63, 3.8) is 0 Å². The lowest BCUT2D eigenvalue weighted by Gasteiger charge is -2.32. The molecule has 0 saturated heterocycles. The number of benzene rings is 2. The van der Waals surface area contributed by atoms with Gasteiger partial charge in [0.15, 0.2) is 0 Å². The summed E-state index contributed by atoms with van der Waals surface area (Å²) in [5.41, 5.74) is -1.46. The zero-order chi connectivity index (χ0) is 19.0. The Labute approximate surface area is 150 Å². The molecule has 0 fully saturated rings. The van der Waals surface area contributed by atoms with Crippen molar-refractivity contribution in [2.45, 2.75) is 50.7 Å². The minimum atomic E-state index is -3.90. The van der Waals surface area contributed by atoms with Gasteiger partial charge >= 0.3 is 0 Å². The monoisotopic (exact) mass is 365 g/mol. The first-order chi connectivity index (χ1) is 11.3. The van der Waals surface area contributed by atoms with Crippen LogP contribution >= 0.6 is 0 Å². The molecule has 0 unspecified atom stereocenters. The van der Waals surface area contributed by atoms with Crippen molar-refractivity contribution < 1.29 is 18.6 Å². The van der Waals surface area contributed by atoms with Crippen molar-refractivity contribution >= 4 is 20.8 Å². The fourth-order valence-corrected chi connectivity index (χ4v) is 4.82. The first kappa shape index (κ1) is 19.8. The van der Waals surface area contributed by atoms with E-state index in [1.54, 1.807) is 52.0 Å². The van der Waals surface area contributed by atoms with E-state index in [0.29, 0.717) is 5.39 Å². The highest BCUT2D eigenvalue weighted by atomic mass is 32.2. The molecule has 2 aromatic rings. The second kappa shape index (κ2) is 6.68. The van der Waals surface area contributed by atoms with Gasteiger partial charge in [-0.2, -0.15) is 4.31 Å². The SMILES string of the molecule is Cc1ccc(S(=O)(=O)N(CC(C)(C)O)CC(C)(C)O)c2ccccc12. The molecule has 2 rings (SSSR count). The van der Waals surface area contributed by atoms with E-state index < -0.39 is 21.2 Å². The van der Waals surface area contributed by atoms with Gasteiger partial charge in [0, 0.05) is 18.5 Å². The van der Waals surface area contributed by atoms with Crippen molar-refractivity contribution in [3.8, 4) is 0 Å². The summed E-state index contributed by atoms with van der Waals surface area (Å²) in [7, 11) is -3.90. The van der Waals surface area contributed by atoms with Gasteiger partial charge in [-0.1, -0.05) is 30.3 Å². The topological polar surface area (TPSA) is 77.8 Å². The highest BCUT2D eigenvalue weighted by molar-refractivity contribution is 7.89. The number of aliphatic hydroxyl groups is 2. The van der Waals surface area contributed by atoms with Crippen LogP contribution in [0.1, 0.15) is 33.3 Å². The van der Waals surface area contributed by atoms with Crippen LogP contribution in [0.5, 0.6) is 0 Å². The number of hydrogen-bond acceptors (Lipinski definition) is 4. The maximum atomic E-state index is 13.3.